The number of anilines is 1. The molecule has 2 aromatic heterocycles. The molecule has 0 N–H and O–H groups in total. The molecule has 2 aromatic carbocycles. The number of benzene rings is 2. The van der Waals surface area contributed by atoms with Gasteiger partial charge in [-0.15, -0.1) is 0 Å². The number of aryl methyl sites for hydroxylation is 2. The molecular formula is C29H30N4O3. The molecule has 2 saturated heterocycles. The van der Waals surface area contributed by atoms with Gasteiger partial charge in [0.05, 0.1) is 24.4 Å². The summed E-state index contributed by atoms with van der Waals surface area (Å²) in [7, 11) is 1.76. The van der Waals surface area contributed by atoms with Gasteiger partial charge in [-0.3, -0.25) is 4.79 Å². The quantitative estimate of drug-likeness (QED) is 0.422. The van der Waals surface area contributed by atoms with Gasteiger partial charge in [-0.05, 0) is 55.5 Å². The Balaban J connectivity index is 1.34. The standard InChI is InChI=1S/C29H30N4O3/c1-18-4-7-25-23(12-18)31-28(36-25)29(2)8-10-33(11-9-29)26-21-6-5-19(13-20-16-35-17-20)14-24(21)32(3)27(34)22(26)15-30/h4-7,12,14,20H,8-11,13,16-17H2,1-3H3. The minimum Gasteiger partial charge on any atom is -0.440 e. The van der Waals surface area contributed by atoms with Gasteiger partial charge in [0, 0.05) is 36.9 Å². The number of ether oxygens (including phenoxy) is 1. The molecule has 36 heavy (non-hydrogen) atoms. The van der Waals surface area contributed by atoms with E-state index in [2.05, 4.69) is 49.1 Å². The van der Waals surface area contributed by atoms with E-state index in [1.807, 2.05) is 12.1 Å². The number of hydrogen-bond acceptors (Lipinski definition) is 6. The second-order valence-corrected chi connectivity index (χ2v) is 10.7. The highest BCUT2D eigenvalue weighted by atomic mass is 16.5. The Kier molecular flexibility index (Phi) is 5.38. The summed E-state index contributed by atoms with van der Waals surface area (Å²) in [5.74, 6) is 1.30. The van der Waals surface area contributed by atoms with Gasteiger partial charge in [0.15, 0.2) is 5.58 Å². The number of nitrogens with zero attached hydrogens (tertiary/aromatic N) is 4. The lowest BCUT2D eigenvalue weighted by molar-refractivity contribution is -0.0312. The van der Waals surface area contributed by atoms with Crippen molar-refractivity contribution in [3.05, 3.63) is 69.3 Å². The van der Waals surface area contributed by atoms with E-state index in [0.717, 1.165) is 71.6 Å². The van der Waals surface area contributed by atoms with Crippen molar-refractivity contribution < 1.29 is 9.15 Å². The largest absolute Gasteiger partial charge is 0.440 e. The number of oxazole rings is 1. The fraction of sp³-hybridized carbons (Fsp3) is 0.414. The number of fused-ring (bicyclic) bond motifs is 2. The van der Waals surface area contributed by atoms with Gasteiger partial charge in [-0.1, -0.05) is 25.1 Å². The average Bonchev–Trinajstić information content (AvgIpc) is 3.28. The molecule has 4 heterocycles. The first kappa shape index (κ1) is 22.8. The van der Waals surface area contributed by atoms with Crippen LogP contribution in [0.1, 0.15) is 42.3 Å². The van der Waals surface area contributed by atoms with E-state index < -0.39 is 0 Å². The third-order valence-corrected chi connectivity index (χ3v) is 8.02. The van der Waals surface area contributed by atoms with Crippen LogP contribution in [0.5, 0.6) is 0 Å². The molecule has 7 heteroatoms. The first-order valence-electron chi connectivity index (χ1n) is 12.6. The molecule has 2 aliphatic heterocycles. The summed E-state index contributed by atoms with van der Waals surface area (Å²) in [6, 6.07) is 14.6. The lowest BCUT2D eigenvalue weighted by atomic mass is 9.80. The van der Waals surface area contributed by atoms with Crippen LogP contribution >= 0.6 is 0 Å². The zero-order valence-corrected chi connectivity index (χ0v) is 21.0. The van der Waals surface area contributed by atoms with Crippen molar-refractivity contribution in [1.29, 1.82) is 5.26 Å². The molecule has 0 aliphatic carbocycles. The predicted octanol–water partition coefficient (Wildman–Crippen LogP) is 4.61. The van der Waals surface area contributed by atoms with Crippen molar-refractivity contribution in [2.75, 3.05) is 31.2 Å². The summed E-state index contributed by atoms with van der Waals surface area (Å²) in [6.45, 7) is 7.27. The molecular weight excluding hydrogens is 452 g/mol. The summed E-state index contributed by atoms with van der Waals surface area (Å²) < 4.78 is 13.1. The number of rotatable bonds is 4. The molecule has 2 fully saturated rings. The molecule has 0 spiro atoms. The van der Waals surface area contributed by atoms with Crippen LogP contribution in [0.15, 0.2) is 45.6 Å². The summed E-state index contributed by atoms with van der Waals surface area (Å²) in [6.07, 6.45) is 2.58. The third kappa shape index (κ3) is 3.68. The SMILES string of the molecule is Cc1ccc2oc(C3(C)CCN(c4c(C#N)c(=O)n(C)c5cc(CC6COC6)ccc45)CC3)nc2c1. The fourth-order valence-corrected chi connectivity index (χ4v) is 5.59. The highest BCUT2D eigenvalue weighted by Crippen LogP contribution is 2.39. The zero-order chi connectivity index (χ0) is 25.0. The van der Waals surface area contributed by atoms with Crippen LogP contribution in [0.3, 0.4) is 0 Å². The normalized spacial score (nSPS) is 17.9. The Bertz CT molecular complexity index is 1580. The maximum Gasteiger partial charge on any atom is 0.270 e. The van der Waals surface area contributed by atoms with E-state index in [1.54, 1.807) is 11.6 Å². The molecule has 4 aromatic rings. The molecule has 0 bridgehead atoms. The molecule has 0 atom stereocenters. The highest BCUT2D eigenvalue weighted by molar-refractivity contribution is 5.95. The van der Waals surface area contributed by atoms with Crippen LogP contribution in [0.25, 0.3) is 22.0 Å². The third-order valence-electron chi connectivity index (χ3n) is 8.02. The Morgan fingerprint density at radius 2 is 1.94 bits per heavy atom. The van der Waals surface area contributed by atoms with Gasteiger partial charge < -0.3 is 18.6 Å². The summed E-state index contributed by atoms with van der Waals surface area (Å²) in [4.78, 5) is 20.2. The molecule has 184 valence electrons. The first-order valence-corrected chi connectivity index (χ1v) is 12.6. The lowest BCUT2D eigenvalue weighted by Gasteiger charge is -2.39. The number of hydrogen-bond donors (Lipinski definition) is 0. The van der Waals surface area contributed by atoms with Gasteiger partial charge >= 0.3 is 0 Å². The number of nitriles is 1. The van der Waals surface area contributed by atoms with E-state index in [9.17, 15) is 10.1 Å². The van der Waals surface area contributed by atoms with Crippen molar-refractivity contribution in [2.24, 2.45) is 13.0 Å². The van der Waals surface area contributed by atoms with Crippen LogP contribution < -0.4 is 10.5 Å². The smallest absolute Gasteiger partial charge is 0.270 e. The van der Waals surface area contributed by atoms with Gasteiger partial charge in [0.25, 0.3) is 5.56 Å². The maximum atomic E-state index is 13.2. The first-order chi connectivity index (χ1) is 17.4. The molecule has 0 radical (unpaired) electrons. The van der Waals surface area contributed by atoms with Gasteiger partial charge in [0.1, 0.15) is 17.1 Å². The van der Waals surface area contributed by atoms with Gasteiger partial charge in [0.2, 0.25) is 5.89 Å². The zero-order valence-electron chi connectivity index (χ0n) is 21.0. The average molecular weight is 483 g/mol. The van der Waals surface area contributed by atoms with E-state index in [0.29, 0.717) is 19.0 Å². The highest BCUT2D eigenvalue weighted by Gasteiger charge is 2.37. The Hall–Kier alpha value is -3.63. The minimum absolute atomic E-state index is 0.205. The van der Waals surface area contributed by atoms with E-state index >= 15 is 0 Å². The minimum atomic E-state index is -0.244. The van der Waals surface area contributed by atoms with Crippen molar-refractivity contribution in [1.82, 2.24) is 9.55 Å². The maximum absolute atomic E-state index is 13.2. The van der Waals surface area contributed by atoms with Crippen molar-refractivity contribution in [3.8, 4) is 6.07 Å². The molecule has 0 unspecified atom stereocenters. The van der Waals surface area contributed by atoms with Crippen LogP contribution in [0, 0.1) is 24.2 Å². The molecule has 0 saturated carbocycles. The van der Waals surface area contributed by atoms with Gasteiger partial charge in [-0.2, -0.15) is 5.26 Å². The van der Waals surface area contributed by atoms with Crippen molar-refractivity contribution in [3.63, 3.8) is 0 Å². The summed E-state index contributed by atoms with van der Waals surface area (Å²) >= 11 is 0. The lowest BCUT2D eigenvalue weighted by Crippen LogP contribution is -2.42. The van der Waals surface area contributed by atoms with E-state index in [4.69, 9.17) is 14.1 Å². The topological polar surface area (TPSA) is 84.3 Å². The van der Waals surface area contributed by atoms with Crippen LogP contribution in [-0.4, -0.2) is 35.9 Å². The molecule has 0 amide bonds. The van der Waals surface area contributed by atoms with Crippen LogP contribution in [-0.2, 0) is 23.6 Å². The second-order valence-electron chi connectivity index (χ2n) is 10.7. The fourth-order valence-electron chi connectivity index (χ4n) is 5.59. The Labute approximate surface area is 209 Å². The van der Waals surface area contributed by atoms with Gasteiger partial charge in [-0.25, -0.2) is 4.98 Å². The Morgan fingerprint density at radius 3 is 2.64 bits per heavy atom. The molecule has 7 nitrogen and oxygen atoms in total. The second kappa shape index (κ2) is 8.49. The summed E-state index contributed by atoms with van der Waals surface area (Å²) in [5.41, 5.74) is 5.45. The van der Waals surface area contributed by atoms with Crippen LogP contribution in [0.2, 0.25) is 0 Å². The van der Waals surface area contributed by atoms with E-state index in [-0.39, 0.29) is 16.5 Å². The monoisotopic (exact) mass is 482 g/mol. The predicted molar refractivity (Wildman–Crippen MR) is 139 cm³/mol. The number of piperidine rings is 1. The molecule has 2 aliphatic rings. The number of pyridine rings is 1. The van der Waals surface area contributed by atoms with Crippen molar-refractivity contribution >= 4 is 27.7 Å². The van der Waals surface area contributed by atoms with E-state index in [1.165, 1.54) is 5.56 Å². The van der Waals surface area contributed by atoms with Crippen LogP contribution in [0.4, 0.5) is 5.69 Å². The summed E-state index contributed by atoms with van der Waals surface area (Å²) in [5, 5.41) is 10.9. The van der Waals surface area contributed by atoms with Crippen molar-refractivity contribution in [2.45, 2.75) is 38.5 Å². The molecule has 6 rings (SSSR count). The Morgan fingerprint density at radius 1 is 1.17 bits per heavy atom. The number of aromatic nitrogens is 2.